The van der Waals surface area contributed by atoms with E-state index in [1.807, 2.05) is 0 Å². The van der Waals surface area contributed by atoms with E-state index >= 15 is 0 Å². The molecule has 266 valence electrons. The summed E-state index contributed by atoms with van der Waals surface area (Å²) in [7, 11) is 0. The average Bonchev–Trinajstić information content (AvgIpc) is 3.39. The molecule has 0 aromatic rings. The lowest BCUT2D eigenvalue weighted by Crippen LogP contribution is -2.39. The molecule has 1 saturated heterocycles. The van der Waals surface area contributed by atoms with Crippen LogP contribution in [0.1, 0.15) is 240 Å². The second-order valence-corrected chi connectivity index (χ2v) is 14.6. The topological polar surface area (TPSA) is 6.48 Å². The van der Waals surface area contributed by atoms with Gasteiger partial charge in [0, 0.05) is 13.1 Å². The number of unbranched alkanes of at least 4 members (excludes halogenated alkanes) is 29. The van der Waals surface area contributed by atoms with Crippen LogP contribution in [-0.2, 0) is 0 Å². The van der Waals surface area contributed by atoms with E-state index in [0.29, 0.717) is 0 Å². The molecule has 1 unspecified atom stereocenters. The third-order valence-electron chi connectivity index (χ3n) is 10.4. The van der Waals surface area contributed by atoms with Crippen LogP contribution >= 0.6 is 0 Å². The normalized spacial score (nSPS) is 15.8. The molecule has 44 heavy (non-hydrogen) atoms. The molecule has 1 atom stereocenters. The second kappa shape index (κ2) is 35.8. The van der Waals surface area contributed by atoms with Crippen LogP contribution in [0.5, 0.6) is 0 Å². The molecular weight excluding hydrogens is 532 g/mol. The Morgan fingerprint density at radius 2 is 0.591 bits per heavy atom. The zero-order valence-corrected chi connectivity index (χ0v) is 30.6. The zero-order chi connectivity index (χ0) is 30.9. The average molecular weight is 621 g/mol. The lowest BCUT2D eigenvalue weighted by atomic mass is 10.0. The van der Waals surface area contributed by atoms with Crippen molar-refractivity contribution in [3.63, 3.8) is 0 Å². The summed E-state index contributed by atoms with van der Waals surface area (Å²) in [6.45, 7) is 12.3. The Bertz CT molecular complexity index is 520. The number of hydrogen-bond acceptors (Lipinski definition) is 2. The monoisotopic (exact) mass is 621 g/mol. The molecule has 1 aliphatic heterocycles. The Morgan fingerprint density at radius 3 is 0.909 bits per heavy atom. The molecule has 0 amide bonds. The van der Waals surface area contributed by atoms with Gasteiger partial charge >= 0.3 is 0 Å². The predicted octanol–water partition coefficient (Wildman–Crippen LogP) is 14.5. The Kier molecular flexibility index (Phi) is 35.7. The summed E-state index contributed by atoms with van der Waals surface area (Å²) in [6, 6.07) is 0. The SMILES string of the molecule is C.CCCCCCCCCCCCCCCCCCN1CCN(CCC)C1CCCCCCCCCCCCCCCCC. The first kappa shape index (κ1) is 43.9. The van der Waals surface area contributed by atoms with Gasteiger partial charge < -0.3 is 0 Å². The van der Waals surface area contributed by atoms with Crippen molar-refractivity contribution in [3.8, 4) is 0 Å². The van der Waals surface area contributed by atoms with E-state index in [-0.39, 0.29) is 7.43 Å². The molecule has 0 radical (unpaired) electrons. The molecule has 1 rings (SSSR count). The summed E-state index contributed by atoms with van der Waals surface area (Å²) in [5.41, 5.74) is 0. The van der Waals surface area contributed by atoms with Gasteiger partial charge in [0.1, 0.15) is 0 Å². The Labute approximate surface area is 281 Å². The van der Waals surface area contributed by atoms with Crippen molar-refractivity contribution < 1.29 is 0 Å². The predicted molar refractivity (Wildman–Crippen MR) is 203 cm³/mol. The molecular formula is C42H88N2. The van der Waals surface area contributed by atoms with Crippen LogP contribution in [0.2, 0.25) is 0 Å². The van der Waals surface area contributed by atoms with Crippen molar-refractivity contribution in [2.24, 2.45) is 0 Å². The molecule has 1 aliphatic rings. The molecule has 1 fully saturated rings. The molecule has 0 N–H and O–H groups in total. The summed E-state index contributed by atoms with van der Waals surface area (Å²) in [6.07, 6.45) is 48.9. The first-order chi connectivity index (χ1) is 21.3. The van der Waals surface area contributed by atoms with E-state index < -0.39 is 0 Å². The second-order valence-electron chi connectivity index (χ2n) is 14.6. The van der Waals surface area contributed by atoms with Crippen LogP contribution in [0.4, 0.5) is 0 Å². The van der Waals surface area contributed by atoms with Gasteiger partial charge in [-0.15, -0.1) is 0 Å². The molecule has 0 aromatic heterocycles. The third-order valence-corrected chi connectivity index (χ3v) is 10.4. The van der Waals surface area contributed by atoms with Crippen LogP contribution in [-0.4, -0.2) is 42.1 Å². The Morgan fingerprint density at radius 1 is 0.318 bits per heavy atom. The van der Waals surface area contributed by atoms with Crippen molar-refractivity contribution in [2.75, 3.05) is 26.2 Å². The van der Waals surface area contributed by atoms with Crippen molar-refractivity contribution in [2.45, 2.75) is 246 Å². The molecule has 0 bridgehead atoms. The van der Waals surface area contributed by atoms with Crippen LogP contribution in [0.25, 0.3) is 0 Å². The minimum absolute atomic E-state index is 0. The van der Waals surface area contributed by atoms with Gasteiger partial charge in [0.2, 0.25) is 0 Å². The van der Waals surface area contributed by atoms with Crippen molar-refractivity contribution in [1.29, 1.82) is 0 Å². The fourth-order valence-corrected chi connectivity index (χ4v) is 7.52. The highest BCUT2D eigenvalue weighted by Gasteiger charge is 2.30. The van der Waals surface area contributed by atoms with Gasteiger partial charge in [-0.05, 0) is 32.4 Å². The van der Waals surface area contributed by atoms with Crippen LogP contribution in [0, 0.1) is 0 Å². The fourth-order valence-electron chi connectivity index (χ4n) is 7.52. The van der Waals surface area contributed by atoms with E-state index in [1.165, 1.54) is 238 Å². The van der Waals surface area contributed by atoms with E-state index in [2.05, 4.69) is 30.6 Å². The summed E-state index contributed by atoms with van der Waals surface area (Å²) in [5, 5.41) is 0. The molecule has 0 aromatic carbocycles. The van der Waals surface area contributed by atoms with Gasteiger partial charge in [-0.1, -0.05) is 221 Å². The first-order valence-corrected chi connectivity index (χ1v) is 20.8. The van der Waals surface area contributed by atoms with Crippen molar-refractivity contribution >= 4 is 0 Å². The third kappa shape index (κ3) is 27.1. The van der Waals surface area contributed by atoms with Gasteiger partial charge in [0.05, 0.1) is 6.17 Å². The maximum Gasteiger partial charge on any atom is 0.0623 e. The molecule has 0 spiro atoms. The van der Waals surface area contributed by atoms with E-state index in [1.54, 1.807) is 0 Å². The zero-order valence-electron chi connectivity index (χ0n) is 30.6. The molecule has 0 saturated carbocycles. The number of rotatable bonds is 35. The molecule has 1 heterocycles. The Hall–Kier alpha value is -0.0800. The van der Waals surface area contributed by atoms with Gasteiger partial charge in [-0.25, -0.2) is 0 Å². The fraction of sp³-hybridized carbons (Fsp3) is 1.00. The van der Waals surface area contributed by atoms with Crippen LogP contribution < -0.4 is 0 Å². The quantitative estimate of drug-likeness (QED) is 0.0650. The van der Waals surface area contributed by atoms with Crippen molar-refractivity contribution in [1.82, 2.24) is 9.80 Å². The number of hydrogen-bond donors (Lipinski definition) is 0. The highest BCUT2D eigenvalue weighted by molar-refractivity contribution is 4.81. The summed E-state index contributed by atoms with van der Waals surface area (Å²) in [4.78, 5) is 5.68. The van der Waals surface area contributed by atoms with E-state index in [4.69, 9.17) is 0 Å². The Balaban J connectivity index is 0.0000185. The highest BCUT2D eigenvalue weighted by Crippen LogP contribution is 2.23. The summed E-state index contributed by atoms with van der Waals surface area (Å²) in [5.74, 6) is 0. The summed E-state index contributed by atoms with van der Waals surface area (Å²) >= 11 is 0. The standard InChI is InChI=1S/C41H84N2.CH4/c1-4-7-9-11-13-15-17-19-21-23-25-27-29-31-33-35-38-43-40-39-42(37-6-3)41(43)36-34-32-30-28-26-24-22-20-18-16-14-12-10-8-5-2;/h41H,4-40H2,1-3H3;1H4. The van der Waals surface area contributed by atoms with Gasteiger partial charge in [-0.3, -0.25) is 9.80 Å². The minimum Gasteiger partial charge on any atom is -0.287 e. The molecule has 2 nitrogen and oxygen atoms in total. The van der Waals surface area contributed by atoms with E-state index in [9.17, 15) is 0 Å². The minimum atomic E-state index is 0. The lowest BCUT2D eigenvalue weighted by molar-refractivity contribution is 0.122. The van der Waals surface area contributed by atoms with Gasteiger partial charge in [0.15, 0.2) is 0 Å². The van der Waals surface area contributed by atoms with Crippen LogP contribution in [0.3, 0.4) is 0 Å². The van der Waals surface area contributed by atoms with E-state index in [0.717, 1.165) is 6.17 Å². The first-order valence-electron chi connectivity index (χ1n) is 20.8. The molecule has 0 aliphatic carbocycles. The van der Waals surface area contributed by atoms with Gasteiger partial charge in [0.25, 0.3) is 0 Å². The van der Waals surface area contributed by atoms with Crippen molar-refractivity contribution in [3.05, 3.63) is 0 Å². The highest BCUT2D eigenvalue weighted by atomic mass is 15.4. The lowest BCUT2D eigenvalue weighted by Gasteiger charge is -2.30. The smallest absolute Gasteiger partial charge is 0.0623 e. The largest absolute Gasteiger partial charge is 0.287 e. The number of nitrogens with zero attached hydrogens (tertiary/aromatic N) is 2. The molecule has 2 heteroatoms. The van der Waals surface area contributed by atoms with Gasteiger partial charge in [-0.2, -0.15) is 0 Å². The maximum atomic E-state index is 2.86. The van der Waals surface area contributed by atoms with Crippen LogP contribution in [0.15, 0.2) is 0 Å². The summed E-state index contributed by atoms with van der Waals surface area (Å²) < 4.78 is 0. The maximum absolute atomic E-state index is 2.86.